The first-order chi connectivity index (χ1) is 15.3. The predicted octanol–water partition coefficient (Wildman–Crippen LogP) is 4.93. The summed E-state index contributed by atoms with van der Waals surface area (Å²) in [6.07, 6.45) is 9.04. The molecule has 7 heteroatoms. The van der Waals surface area contributed by atoms with Crippen molar-refractivity contribution in [1.82, 2.24) is 35.1 Å². The molecule has 0 aliphatic carbocycles. The van der Waals surface area contributed by atoms with Gasteiger partial charge in [-0.05, 0) is 48.4 Å². The molecule has 5 aromatic heterocycles. The summed E-state index contributed by atoms with van der Waals surface area (Å²) >= 11 is 0. The van der Waals surface area contributed by atoms with Gasteiger partial charge in [-0.15, -0.1) is 0 Å². The number of pyridine rings is 3. The number of aryl methyl sites for hydroxylation is 1. The first kappa shape index (κ1) is 17.5. The van der Waals surface area contributed by atoms with Crippen LogP contribution in [0.5, 0.6) is 0 Å². The summed E-state index contributed by atoms with van der Waals surface area (Å²) in [6, 6.07) is 14.1. The highest BCUT2D eigenvalue weighted by Crippen LogP contribution is 2.32. The molecule has 0 aliphatic rings. The quantitative estimate of drug-likeness (QED) is 0.437. The van der Waals surface area contributed by atoms with Gasteiger partial charge in [0, 0.05) is 41.3 Å². The van der Waals surface area contributed by atoms with Crippen LogP contribution in [-0.2, 0) is 0 Å². The zero-order chi connectivity index (χ0) is 20.8. The van der Waals surface area contributed by atoms with E-state index in [4.69, 9.17) is 4.98 Å². The van der Waals surface area contributed by atoms with Crippen molar-refractivity contribution in [1.29, 1.82) is 0 Å². The van der Waals surface area contributed by atoms with Crippen molar-refractivity contribution in [2.24, 2.45) is 0 Å². The Hall–Kier alpha value is -4.39. The van der Waals surface area contributed by atoms with Crippen LogP contribution in [0.25, 0.3) is 55.8 Å². The van der Waals surface area contributed by atoms with Gasteiger partial charge < -0.3 is 4.98 Å². The molecule has 7 nitrogen and oxygen atoms in total. The molecule has 0 saturated heterocycles. The van der Waals surface area contributed by atoms with E-state index in [2.05, 4.69) is 49.2 Å². The van der Waals surface area contributed by atoms with Crippen molar-refractivity contribution in [3.05, 3.63) is 79.0 Å². The van der Waals surface area contributed by atoms with Gasteiger partial charge in [-0.25, -0.2) is 4.98 Å². The highest BCUT2D eigenvalue weighted by atomic mass is 15.1. The number of fused-ring (bicyclic) bond motifs is 2. The molecule has 0 radical (unpaired) electrons. The van der Waals surface area contributed by atoms with Crippen molar-refractivity contribution in [3.63, 3.8) is 0 Å². The number of imidazole rings is 1. The third kappa shape index (κ3) is 2.86. The van der Waals surface area contributed by atoms with Gasteiger partial charge in [-0.1, -0.05) is 12.1 Å². The largest absolute Gasteiger partial charge is 0.335 e. The van der Waals surface area contributed by atoms with E-state index in [1.807, 2.05) is 42.7 Å². The SMILES string of the molecule is Cc1ccncc1-c1ccc2[nH]nc(-c3nc4c(-c5ccccn5)cncc4[nH]3)c2c1. The van der Waals surface area contributed by atoms with Gasteiger partial charge in [0.15, 0.2) is 5.82 Å². The molecule has 0 saturated carbocycles. The number of H-pyrrole nitrogens is 2. The van der Waals surface area contributed by atoms with Crippen LogP contribution in [0.4, 0.5) is 0 Å². The maximum atomic E-state index is 4.87. The lowest BCUT2D eigenvalue weighted by Gasteiger charge is -2.05. The highest BCUT2D eigenvalue weighted by molar-refractivity contribution is 5.97. The number of hydrogen-bond donors (Lipinski definition) is 2. The Labute approximate surface area is 177 Å². The minimum Gasteiger partial charge on any atom is -0.335 e. The van der Waals surface area contributed by atoms with Gasteiger partial charge in [0.05, 0.1) is 22.9 Å². The third-order valence-electron chi connectivity index (χ3n) is 5.47. The molecule has 148 valence electrons. The van der Waals surface area contributed by atoms with Crippen molar-refractivity contribution < 1.29 is 0 Å². The molecule has 0 amide bonds. The summed E-state index contributed by atoms with van der Waals surface area (Å²) in [5, 5.41) is 8.66. The fourth-order valence-electron chi connectivity index (χ4n) is 3.88. The smallest absolute Gasteiger partial charge is 0.159 e. The zero-order valence-electron chi connectivity index (χ0n) is 16.7. The van der Waals surface area contributed by atoms with E-state index >= 15 is 0 Å². The van der Waals surface area contributed by atoms with Crippen LogP contribution in [0.2, 0.25) is 0 Å². The first-order valence-electron chi connectivity index (χ1n) is 9.92. The Kier molecular flexibility index (Phi) is 3.86. The standard InChI is InChI=1S/C24H17N7/c1-14-7-9-25-11-17(14)15-5-6-20-16(10-15)23(31-30-20)24-28-21-13-26-12-18(22(21)29-24)19-4-2-3-8-27-19/h2-13H,1H3,(H,28,29)(H,30,31). The lowest BCUT2D eigenvalue weighted by Crippen LogP contribution is -1.86. The second-order valence-corrected chi connectivity index (χ2v) is 7.41. The monoisotopic (exact) mass is 403 g/mol. The minimum absolute atomic E-state index is 0.687. The molecule has 6 rings (SSSR count). The zero-order valence-corrected chi connectivity index (χ0v) is 16.7. The Morgan fingerprint density at radius 3 is 2.65 bits per heavy atom. The fourth-order valence-corrected chi connectivity index (χ4v) is 3.88. The second-order valence-electron chi connectivity index (χ2n) is 7.41. The summed E-state index contributed by atoms with van der Waals surface area (Å²) in [7, 11) is 0. The Bertz CT molecular complexity index is 1550. The number of aromatic amines is 2. The van der Waals surface area contributed by atoms with E-state index < -0.39 is 0 Å². The van der Waals surface area contributed by atoms with Crippen LogP contribution in [0.1, 0.15) is 5.56 Å². The molecule has 2 N–H and O–H groups in total. The van der Waals surface area contributed by atoms with Crippen molar-refractivity contribution in [3.8, 4) is 33.9 Å². The summed E-state index contributed by atoms with van der Waals surface area (Å²) in [4.78, 5) is 21.3. The molecular weight excluding hydrogens is 386 g/mol. The van der Waals surface area contributed by atoms with Gasteiger partial charge in [0.2, 0.25) is 0 Å². The summed E-state index contributed by atoms with van der Waals surface area (Å²) < 4.78 is 0. The molecule has 0 spiro atoms. The van der Waals surface area contributed by atoms with Gasteiger partial charge in [-0.3, -0.25) is 20.1 Å². The summed E-state index contributed by atoms with van der Waals surface area (Å²) in [5.74, 6) is 0.687. The maximum Gasteiger partial charge on any atom is 0.159 e. The van der Waals surface area contributed by atoms with E-state index in [-0.39, 0.29) is 0 Å². The van der Waals surface area contributed by atoms with Crippen LogP contribution in [-0.4, -0.2) is 35.1 Å². The van der Waals surface area contributed by atoms with E-state index in [0.717, 1.165) is 50.0 Å². The average molecular weight is 403 g/mol. The Morgan fingerprint density at radius 2 is 1.77 bits per heavy atom. The van der Waals surface area contributed by atoms with Gasteiger partial charge >= 0.3 is 0 Å². The van der Waals surface area contributed by atoms with Crippen LogP contribution in [0.3, 0.4) is 0 Å². The molecule has 5 heterocycles. The normalized spacial score (nSPS) is 11.4. The molecule has 0 aliphatic heterocycles. The van der Waals surface area contributed by atoms with Crippen LogP contribution < -0.4 is 0 Å². The molecule has 6 aromatic rings. The van der Waals surface area contributed by atoms with Gasteiger partial charge in [0.1, 0.15) is 11.2 Å². The molecule has 0 bridgehead atoms. The van der Waals surface area contributed by atoms with Crippen LogP contribution in [0, 0.1) is 6.92 Å². The van der Waals surface area contributed by atoms with E-state index in [1.54, 1.807) is 18.6 Å². The first-order valence-corrected chi connectivity index (χ1v) is 9.92. The lowest BCUT2D eigenvalue weighted by atomic mass is 10.0. The van der Waals surface area contributed by atoms with Crippen molar-refractivity contribution in [2.75, 3.05) is 0 Å². The second kappa shape index (κ2) is 6.84. The van der Waals surface area contributed by atoms with Crippen LogP contribution >= 0.6 is 0 Å². The van der Waals surface area contributed by atoms with Gasteiger partial charge in [0.25, 0.3) is 0 Å². The van der Waals surface area contributed by atoms with E-state index in [0.29, 0.717) is 5.82 Å². The van der Waals surface area contributed by atoms with Crippen molar-refractivity contribution in [2.45, 2.75) is 6.92 Å². The van der Waals surface area contributed by atoms with Crippen molar-refractivity contribution >= 4 is 21.9 Å². The number of benzene rings is 1. The summed E-state index contributed by atoms with van der Waals surface area (Å²) in [5.41, 5.74) is 8.45. The van der Waals surface area contributed by atoms with Crippen LogP contribution in [0.15, 0.2) is 73.4 Å². The Balaban J connectivity index is 1.52. The topological polar surface area (TPSA) is 96.0 Å². The van der Waals surface area contributed by atoms with E-state index in [1.165, 1.54) is 5.56 Å². The number of nitrogens with zero attached hydrogens (tertiary/aromatic N) is 5. The van der Waals surface area contributed by atoms with E-state index in [9.17, 15) is 0 Å². The molecule has 31 heavy (non-hydrogen) atoms. The molecule has 0 fully saturated rings. The highest BCUT2D eigenvalue weighted by Gasteiger charge is 2.16. The predicted molar refractivity (Wildman–Crippen MR) is 120 cm³/mol. The maximum absolute atomic E-state index is 4.87. The number of rotatable bonds is 3. The molecule has 1 aromatic carbocycles. The lowest BCUT2D eigenvalue weighted by molar-refractivity contribution is 1.11. The minimum atomic E-state index is 0.687. The molecule has 0 atom stereocenters. The number of nitrogens with one attached hydrogen (secondary N) is 2. The number of hydrogen-bond acceptors (Lipinski definition) is 5. The molecule has 0 unspecified atom stereocenters. The third-order valence-corrected chi connectivity index (χ3v) is 5.47. The summed E-state index contributed by atoms with van der Waals surface area (Å²) in [6.45, 7) is 2.09. The average Bonchev–Trinajstić information content (AvgIpc) is 3.43. The number of aromatic nitrogens is 7. The Morgan fingerprint density at radius 1 is 0.839 bits per heavy atom. The van der Waals surface area contributed by atoms with Gasteiger partial charge in [-0.2, -0.15) is 5.10 Å². The fraction of sp³-hybridized carbons (Fsp3) is 0.0417. The molecular formula is C24H17N7.